The molecule has 0 fully saturated rings. The Balaban J connectivity index is 2.11. The average molecular weight is 299 g/mol. The molecule has 0 aliphatic heterocycles. The third-order valence-electron chi connectivity index (χ3n) is 2.69. The van der Waals surface area contributed by atoms with E-state index in [0.717, 1.165) is 5.56 Å². The fourth-order valence-corrected chi connectivity index (χ4v) is 2.69. The summed E-state index contributed by atoms with van der Waals surface area (Å²) in [6.45, 7) is 1.92. The molecule has 0 saturated carbocycles. The molecular weight excluding hydrogens is 290 g/mol. The Morgan fingerprint density at radius 1 is 1.57 bits per heavy atom. The number of nitriles is 1. The van der Waals surface area contributed by atoms with Crippen molar-refractivity contribution in [2.24, 2.45) is 0 Å². The lowest BCUT2D eigenvalue weighted by Crippen LogP contribution is -2.07. The minimum absolute atomic E-state index is 0.00385. The van der Waals surface area contributed by atoms with Crippen LogP contribution in [0.5, 0.6) is 0 Å². The molecule has 0 spiro atoms. The molecule has 0 amide bonds. The molecule has 3 rings (SSSR count). The normalized spacial score (nSPS) is 10.5. The van der Waals surface area contributed by atoms with Crippen LogP contribution in [0.2, 0.25) is 0 Å². The van der Waals surface area contributed by atoms with Crippen LogP contribution in [0.4, 0.5) is 0 Å². The van der Waals surface area contributed by atoms with Crippen molar-refractivity contribution in [1.82, 2.24) is 19.6 Å². The lowest BCUT2D eigenvalue weighted by Gasteiger charge is -1.97. The molecule has 0 aliphatic rings. The summed E-state index contributed by atoms with van der Waals surface area (Å²) in [5.74, 6) is -0.616. The van der Waals surface area contributed by atoms with Crippen molar-refractivity contribution >= 4 is 22.3 Å². The Bertz CT molecular complexity index is 847. The molecule has 0 unspecified atom stereocenters. The van der Waals surface area contributed by atoms with Gasteiger partial charge in [0.05, 0.1) is 6.61 Å². The lowest BCUT2D eigenvalue weighted by molar-refractivity contribution is 0.0520. The van der Waals surface area contributed by atoms with E-state index in [-0.39, 0.29) is 18.0 Å². The Kier molecular flexibility index (Phi) is 3.33. The van der Waals surface area contributed by atoms with Gasteiger partial charge in [-0.3, -0.25) is 4.98 Å². The molecule has 104 valence electrons. The third-order valence-corrected chi connectivity index (χ3v) is 3.64. The van der Waals surface area contributed by atoms with Gasteiger partial charge in [-0.1, -0.05) is 11.3 Å². The van der Waals surface area contributed by atoms with E-state index in [4.69, 9.17) is 4.74 Å². The summed E-state index contributed by atoms with van der Waals surface area (Å²) in [6.07, 6.45) is 3.35. The van der Waals surface area contributed by atoms with Crippen molar-refractivity contribution in [3.63, 3.8) is 0 Å². The van der Waals surface area contributed by atoms with Gasteiger partial charge in [0.2, 0.25) is 4.96 Å². The van der Waals surface area contributed by atoms with Gasteiger partial charge in [0.25, 0.3) is 0 Å². The molecule has 21 heavy (non-hydrogen) atoms. The van der Waals surface area contributed by atoms with Crippen LogP contribution in [0.3, 0.4) is 0 Å². The van der Waals surface area contributed by atoms with Gasteiger partial charge in [0, 0.05) is 18.0 Å². The second-order valence-electron chi connectivity index (χ2n) is 3.98. The van der Waals surface area contributed by atoms with E-state index in [9.17, 15) is 10.1 Å². The van der Waals surface area contributed by atoms with Crippen LogP contribution < -0.4 is 0 Å². The Morgan fingerprint density at radius 3 is 3.10 bits per heavy atom. The van der Waals surface area contributed by atoms with Gasteiger partial charge in [-0.25, -0.2) is 9.78 Å². The first-order chi connectivity index (χ1) is 10.2. The third kappa shape index (κ3) is 2.23. The molecule has 0 radical (unpaired) electrons. The minimum Gasteiger partial charge on any atom is -0.461 e. The average Bonchev–Trinajstić information content (AvgIpc) is 3.05. The zero-order chi connectivity index (χ0) is 14.8. The second-order valence-corrected chi connectivity index (χ2v) is 4.94. The number of ether oxygens (including phenoxy) is 1. The van der Waals surface area contributed by atoms with Crippen molar-refractivity contribution in [2.75, 3.05) is 6.61 Å². The van der Waals surface area contributed by atoms with Gasteiger partial charge in [0.15, 0.2) is 11.4 Å². The van der Waals surface area contributed by atoms with E-state index in [2.05, 4.69) is 15.1 Å². The fraction of sp³-hybridized carbons (Fsp3) is 0.154. The van der Waals surface area contributed by atoms with Crippen LogP contribution >= 0.6 is 11.3 Å². The first kappa shape index (κ1) is 13.2. The van der Waals surface area contributed by atoms with Crippen LogP contribution in [0, 0.1) is 11.3 Å². The summed E-state index contributed by atoms with van der Waals surface area (Å²) in [7, 11) is 0. The first-order valence-corrected chi connectivity index (χ1v) is 6.93. The molecule has 0 aliphatic carbocycles. The highest BCUT2D eigenvalue weighted by Crippen LogP contribution is 2.26. The standard InChI is InChI=1S/C13H9N5O2S/c1-2-20-12(19)10-9(6-14)18-13(16-10)21-11(17-18)8-4-3-5-15-7-8/h3-5,7H,2H2,1H3. The Morgan fingerprint density at radius 2 is 2.43 bits per heavy atom. The number of imidazole rings is 1. The number of pyridine rings is 1. The van der Waals surface area contributed by atoms with Crippen molar-refractivity contribution in [3.8, 4) is 16.6 Å². The highest BCUT2D eigenvalue weighted by Gasteiger charge is 2.23. The van der Waals surface area contributed by atoms with Gasteiger partial charge in [0.1, 0.15) is 11.1 Å². The molecule has 0 atom stereocenters. The Labute approximate surface area is 123 Å². The minimum atomic E-state index is -0.616. The second kappa shape index (κ2) is 5.30. The number of nitrogens with zero attached hydrogens (tertiary/aromatic N) is 5. The van der Waals surface area contributed by atoms with Gasteiger partial charge in [-0.15, -0.1) is 0 Å². The van der Waals surface area contributed by atoms with Crippen molar-refractivity contribution < 1.29 is 9.53 Å². The summed E-state index contributed by atoms with van der Waals surface area (Å²) in [5.41, 5.74) is 0.903. The smallest absolute Gasteiger partial charge is 0.360 e. The maximum absolute atomic E-state index is 11.8. The number of fused-ring (bicyclic) bond motifs is 1. The van der Waals surface area contributed by atoms with E-state index in [0.29, 0.717) is 9.97 Å². The maximum Gasteiger partial charge on any atom is 0.360 e. The van der Waals surface area contributed by atoms with E-state index >= 15 is 0 Å². The number of hydrogen-bond acceptors (Lipinski definition) is 7. The number of carbonyl (C=O) groups is 1. The number of rotatable bonds is 3. The first-order valence-electron chi connectivity index (χ1n) is 6.11. The number of hydrogen-bond donors (Lipinski definition) is 0. The quantitative estimate of drug-likeness (QED) is 0.686. The molecule has 3 heterocycles. The maximum atomic E-state index is 11.8. The fourth-order valence-electron chi connectivity index (χ4n) is 1.80. The summed E-state index contributed by atoms with van der Waals surface area (Å²) in [4.78, 5) is 20.4. The molecule has 7 nitrogen and oxygen atoms in total. The van der Waals surface area contributed by atoms with Crippen LogP contribution in [-0.2, 0) is 4.74 Å². The summed E-state index contributed by atoms with van der Waals surface area (Å²) >= 11 is 1.28. The van der Waals surface area contributed by atoms with Crippen molar-refractivity contribution in [2.45, 2.75) is 6.92 Å². The summed E-state index contributed by atoms with van der Waals surface area (Å²) in [5, 5.41) is 14.2. The molecule has 0 bridgehead atoms. The largest absolute Gasteiger partial charge is 0.461 e. The molecule has 0 N–H and O–H groups in total. The molecular formula is C13H9N5O2S. The Hall–Kier alpha value is -2.79. The van der Waals surface area contributed by atoms with Gasteiger partial charge >= 0.3 is 5.97 Å². The zero-order valence-electron chi connectivity index (χ0n) is 11.0. The van der Waals surface area contributed by atoms with E-state index < -0.39 is 5.97 Å². The SMILES string of the molecule is CCOC(=O)c1nc2sc(-c3cccnc3)nn2c1C#N. The molecule has 0 saturated heterocycles. The highest BCUT2D eigenvalue weighted by atomic mass is 32.1. The van der Waals surface area contributed by atoms with Crippen LogP contribution in [0.25, 0.3) is 15.5 Å². The summed E-state index contributed by atoms with van der Waals surface area (Å²) < 4.78 is 6.25. The van der Waals surface area contributed by atoms with Crippen LogP contribution in [0.1, 0.15) is 23.1 Å². The zero-order valence-corrected chi connectivity index (χ0v) is 11.8. The molecule has 0 aromatic carbocycles. The summed E-state index contributed by atoms with van der Waals surface area (Å²) in [6, 6.07) is 5.62. The predicted octanol–water partition coefficient (Wildman–Crippen LogP) is 1.90. The van der Waals surface area contributed by atoms with E-state index in [1.165, 1.54) is 15.9 Å². The number of esters is 1. The van der Waals surface area contributed by atoms with E-state index in [1.807, 2.05) is 12.1 Å². The monoisotopic (exact) mass is 299 g/mol. The highest BCUT2D eigenvalue weighted by molar-refractivity contribution is 7.19. The molecule has 8 heteroatoms. The van der Waals surface area contributed by atoms with Crippen LogP contribution in [0.15, 0.2) is 24.5 Å². The van der Waals surface area contributed by atoms with Crippen LogP contribution in [-0.4, -0.2) is 32.2 Å². The van der Waals surface area contributed by atoms with Gasteiger partial charge in [-0.05, 0) is 19.1 Å². The topological polar surface area (TPSA) is 93.2 Å². The predicted molar refractivity (Wildman–Crippen MR) is 74.8 cm³/mol. The van der Waals surface area contributed by atoms with Gasteiger partial charge < -0.3 is 4.74 Å². The number of carbonyl (C=O) groups excluding carboxylic acids is 1. The number of aromatic nitrogens is 4. The van der Waals surface area contributed by atoms with Gasteiger partial charge in [-0.2, -0.15) is 14.9 Å². The van der Waals surface area contributed by atoms with Crippen molar-refractivity contribution in [1.29, 1.82) is 5.26 Å². The lowest BCUT2D eigenvalue weighted by atomic mass is 10.3. The van der Waals surface area contributed by atoms with Crippen molar-refractivity contribution in [3.05, 3.63) is 35.9 Å². The molecule has 3 aromatic heterocycles. The molecule has 3 aromatic rings. The van der Waals surface area contributed by atoms with E-state index in [1.54, 1.807) is 25.4 Å².